The third-order valence-corrected chi connectivity index (χ3v) is 5.03. The smallest absolute Gasteiger partial charge is 0.243 e. The highest BCUT2D eigenvalue weighted by molar-refractivity contribution is 7.89. The average Bonchev–Trinajstić information content (AvgIpc) is 2.41. The van der Waals surface area contributed by atoms with Crippen molar-refractivity contribution >= 4 is 10.0 Å². The van der Waals surface area contributed by atoms with E-state index < -0.39 is 10.0 Å². The van der Waals surface area contributed by atoms with Gasteiger partial charge in [-0.3, -0.25) is 0 Å². The van der Waals surface area contributed by atoms with Crippen LogP contribution in [0.5, 0.6) is 5.75 Å². The fourth-order valence-corrected chi connectivity index (χ4v) is 3.06. The van der Waals surface area contributed by atoms with Gasteiger partial charge in [0.25, 0.3) is 0 Å². The lowest BCUT2D eigenvalue weighted by Gasteiger charge is -2.15. The molecule has 5 heteroatoms. The number of nitrogens with zero attached hydrogens (tertiary/aromatic N) is 1. The molecule has 0 spiro atoms. The summed E-state index contributed by atoms with van der Waals surface area (Å²) in [5.41, 5.74) is 2.10. The molecule has 0 amide bonds. The van der Waals surface area contributed by atoms with Crippen LogP contribution in [0.4, 0.5) is 0 Å². The van der Waals surface area contributed by atoms with Crippen LogP contribution < -0.4 is 0 Å². The van der Waals surface area contributed by atoms with Gasteiger partial charge in [0, 0.05) is 19.7 Å². The molecule has 0 atom stereocenters. The van der Waals surface area contributed by atoms with E-state index in [0.717, 1.165) is 5.56 Å². The van der Waals surface area contributed by atoms with E-state index in [1.807, 2.05) is 0 Å². The molecule has 0 aliphatic heterocycles. The van der Waals surface area contributed by atoms with E-state index in [4.69, 9.17) is 0 Å². The van der Waals surface area contributed by atoms with E-state index in [1.165, 1.54) is 18.4 Å². The molecule has 4 nitrogen and oxygen atoms in total. The van der Waals surface area contributed by atoms with Crippen molar-refractivity contribution in [3.05, 3.63) is 48.0 Å². The van der Waals surface area contributed by atoms with E-state index in [0.29, 0.717) is 11.1 Å². The second kappa shape index (κ2) is 5.26. The van der Waals surface area contributed by atoms with Gasteiger partial charge in [-0.2, -0.15) is 0 Å². The standard InChI is InChI=1S/C15H17NO3S/c1-11-10-12(8-9-14(11)17)13-6-4-5-7-15(13)20(18,19)16(2)3/h4-10,17H,1-3H3. The van der Waals surface area contributed by atoms with Crippen molar-refractivity contribution in [2.45, 2.75) is 11.8 Å². The lowest BCUT2D eigenvalue weighted by atomic mass is 10.0. The lowest BCUT2D eigenvalue weighted by Crippen LogP contribution is -2.22. The molecular weight excluding hydrogens is 274 g/mol. The monoisotopic (exact) mass is 291 g/mol. The molecule has 0 saturated carbocycles. The highest BCUT2D eigenvalue weighted by Crippen LogP contribution is 2.31. The number of phenolic OH excluding ortho intramolecular Hbond substituents is 1. The van der Waals surface area contributed by atoms with E-state index in [1.54, 1.807) is 49.4 Å². The van der Waals surface area contributed by atoms with Crippen LogP contribution in [0.2, 0.25) is 0 Å². The van der Waals surface area contributed by atoms with Gasteiger partial charge >= 0.3 is 0 Å². The molecule has 0 aromatic heterocycles. The van der Waals surface area contributed by atoms with Crippen LogP contribution in [-0.4, -0.2) is 31.9 Å². The highest BCUT2D eigenvalue weighted by atomic mass is 32.2. The fourth-order valence-electron chi connectivity index (χ4n) is 1.95. The minimum absolute atomic E-state index is 0.196. The number of benzene rings is 2. The minimum atomic E-state index is -3.51. The molecule has 0 aliphatic carbocycles. The summed E-state index contributed by atoms with van der Waals surface area (Å²) in [7, 11) is -0.492. The molecule has 2 rings (SSSR count). The number of aromatic hydroxyl groups is 1. The molecule has 106 valence electrons. The van der Waals surface area contributed by atoms with E-state index in [2.05, 4.69) is 0 Å². The average molecular weight is 291 g/mol. The van der Waals surface area contributed by atoms with E-state index >= 15 is 0 Å². The Morgan fingerprint density at radius 3 is 2.30 bits per heavy atom. The number of sulfonamides is 1. The van der Waals surface area contributed by atoms with Crippen molar-refractivity contribution in [1.29, 1.82) is 0 Å². The third-order valence-electron chi connectivity index (χ3n) is 3.15. The van der Waals surface area contributed by atoms with Gasteiger partial charge in [0.2, 0.25) is 10.0 Å². The molecular formula is C15H17NO3S. The maximum absolute atomic E-state index is 12.4. The topological polar surface area (TPSA) is 57.6 Å². The predicted molar refractivity (Wildman–Crippen MR) is 79.2 cm³/mol. The van der Waals surface area contributed by atoms with Crippen molar-refractivity contribution in [2.24, 2.45) is 0 Å². The molecule has 0 heterocycles. The number of aryl methyl sites for hydroxylation is 1. The first-order valence-corrected chi connectivity index (χ1v) is 7.59. The number of phenols is 1. The second-order valence-electron chi connectivity index (χ2n) is 4.78. The summed E-state index contributed by atoms with van der Waals surface area (Å²) in [6.07, 6.45) is 0. The molecule has 0 saturated heterocycles. The molecule has 2 aromatic rings. The van der Waals surface area contributed by atoms with Crippen molar-refractivity contribution in [3.63, 3.8) is 0 Å². The fraction of sp³-hybridized carbons (Fsp3) is 0.200. The van der Waals surface area contributed by atoms with Gasteiger partial charge in [0.1, 0.15) is 5.75 Å². The molecule has 2 aromatic carbocycles. The first-order chi connectivity index (χ1) is 9.34. The summed E-state index contributed by atoms with van der Waals surface area (Å²) >= 11 is 0. The highest BCUT2D eigenvalue weighted by Gasteiger charge is 2.21. The zero-order valence-electron chi connectivity index (χ0n) is 11.7. The van der Waals surface area contributed by atoms with Crippen molar-refractivity contribution in [1.82, 2.24) is 4.31 Å². The van der Waals surface area contributed by atoms with Crippen molar-refractivity contribution in [2.75, 3.05) is 14.1 Å². The summed E-state index contributed by atoms with van der Waals surface area (Å²) < 4.78 is 25.9. The van der Waals surface area contributed by atoms with Crippen molar-refractivity contribution < 1.29 is 13.5 Å². The van der Waals surface area contributed by atoms with Crippen LogP contribution >= 0.6 is 0 Å². The lowest BCUT2D eigenvalue weighted by molar-refractivity contribution is 0.471. The Morgan fingerprint density at radius 2 is 1.70 bits per heavy atom. The largest absolute Gasteiger partial charge is 0.508 e. The zero-order valence-corrected chi connectivity index (χ0v) is 12.5. The SMILES string of the molecule is Cc1cc(-c2ccccc2S(=O)(=O)N(C)C)ccc1O. The molecule has 0 unspecified atom stereocenters. The van der Waals surface area contributed by atoms with E-state index in [9.17, 15) is 13.5 Å². The summed E-state index contributed by atoms with van der Waals surface area (Å²) in [4.78, 5) is 0.259. The molecule has 0 fully saturated rings. The van der Waals surface area contributed by atoms with Crippen LogP contribution in [0.1, 0.15) is 5.56 Å². The van der Waals surface area contributed by atoms with Crippen LogP contribution in [0, 0.1) is 6.92 Å². The van der Waals surface area contributed by atoms with Gasteiger partial charge in [0.05, 0.1) is 4.90 Å². The quantitative estimate of drug-likeness (QED) is 0.945. The Balaban J connectivity index is 2.67. The predicted octanol–water partition coefficient (Wildman–Crippen LogP) is 2.62. The zero-order chi connectivity index (χ0) is 14.9. The Hall–Kier alpha value is -1.85. The van der Waals surface area contributed by atoms with Crippen LogP contribution in [0.25, 0.3) is 11.1 Å². The molecule has 20 heavy (non-hydrogen) atoms. The Morgan fingerprint density at radius 1 is 1.05 bits per heavy atom. The van der Waals surface area contributed by atoms with Crippen molar-refractivity contribution in [3.8, 4) is 16.9 Å². The normalized spacial score (nSPS) is 11.8. The second-order valence-corrected chi connectivity index (χ2v) is 6.91. The molecule has 0 bridgehead atoms. The summed E-state index contributed by atoms with van der Waals surface area (Å²) in [6.45, 7) is 1.78. The Labute approximate surface area is 119 Å². The maximum atomic E-state index is 12.4. The molecule has 0 radical (unpaired) electrons. The first kappa shape index (κ1) is 14.6. The van der Waals surface area contributed by atoms with Gasteiger partial charge in [0.15, 0.2) is 0 Å². The van der Waals surface area contributed by atoms with Gasteiger partial charge in [-0.15, -0.1) is 0 Å². The number of rotatable bonds is 3. The van der Waals surface area contributed by atoms with E-state index in [-0.39, 0.29) is 10.6 Å². The van der Waals surface area contributed by atoms with Gasteiger partial charge in [-0.1, -0.05) is 24.3 Å². The Kier molecular flexibility index (Phi) is 3.83. The number of hydrogen-bond donors (Lipinski definition) is 1. The number of hydrogen-bond acceptors (Lipinski definition) is 3. The minimum Gasteiger partial charge on any atom is -0.508 e. The third kappa shape index (κ3) is 2.55. The van der Waals surface area contributed by atoms with Gasteiger partial charge in [-0.25, -0.2) is 12.7 Å². The van der Waals surface area contributed by atoms with Crippen LogP contribution in [0.3, 0.4) is 0 Å². The molecule has 0 aliphatic rings. The van der Waals surface area contributed by atoms with Crippen LogP contribution in [0.15, 0.2) is 47.4 Å². The first-order valence-electron chi connectivity index (χ1n) is 6.15. The summed E-state index contributed by atoms with van der Waals surface area (Å²) in [5.74, 6) is 0.196. The maximum Gasteiger partial charge on any atom is 0.243 e. The summed E-state index contributed by atoms with van der Waals surface area (Å²) in [5, 5.41) is 9.58. The van der Waals surface area contributed by atoms with Gasteiger partial charge < -0.3 is 5.11 Å². The van der Waals surface area contributed by atoms with Crippen LogP contribution in [-0.2, 0) is 10.0 Å². The van der Waals surface area contributed by atoms with Gasteiger partial charge in [-0.05, 0) is 36.2 Å². The molecule has 1 N–H and O–H groups in total. The summed E-state index contributed by atoms with van der Waals surface area (Å²) in [6, 6.07) is 11.9. The Bertz CT molecular complexity index is 737.